The number of aryl methyl sites for hydroxylation is 1. The Morgan fingerprint density at radius 1 is 0.718 bits per heavy atom. The van der Waals surface area contributed by atoms with Gasteiger partial charge in [0.15, 0.2) is 0 Å². The third-order valence-corrected chi connectivity index (χ3v) is 7.36. The molecular formula is C36H64O3. The van der Waals surface area contributed by atoms with Gasteiger partial charge in [0.1, 0.15) is 0 Å². The van der Waals surface area contributed by atoms with Gasteiger partial charge in [0, 0.05) is 6.61 Å². The minimum Gasteiger partial charge on any atom is -0.378 e. The van der Waals surface area contributed by atoms with E-state index in [-0.39, 0.29) is 7.43 Å². The molecule has 3 aliphatic rings. The molecule has 1 aromatic rings. The van der Waals surface area contributed by atoms with Crippen LogP contribution in [-0.4, -0.2) is 38.1 Å². The second-order valence-corrected chi connectivity index (χ2v) is 12.4. The van der Waals surface area contributed by atoms with Crippen molar-refractivity contribution in [2.75, 3.05) is 19.8 Å². The van der Waals surface area contributed by atoms with E-state index in [1.54, 1.807) is 0 Å². The van der Waals surface area contributed by atoms with E-state index in [1.165, 1.54) is 36.0 Å². The predicted molar refractivity (Wildman–Crippen MR) is 172 cm³/mol. The first-order chi connectivity index (χ1) is 18.0. The summed E-state index contributed by atoms with van der Waals surface area (Å²) in [5, 5.41) is 0. The van der Waals surface area contributed by atoms with E-state index >= 15 is 0 Å². The Morgan fingerprint density at radius 2 is 1.36 bits per heavy atom. The SMILES string of the molecule is C.CC(C)C1CC=CCO1.CC(C)C1CCCCO1.CC1=CCOC(C(C)C)C1.Cc1cccc(C(C)C)c1. The Morgan fingerprint density at radius 3 is 1.72 bits per heavy atom. The molecule has 0 radical (unpaired) electrons. The van der Waals surface area contributed by atoms with E-state index in [0.717, 1.165) is 32.7 Å². The lowest BCUT2D eigenvalue weighted by Crippen LogP contribution is -2.24. The molecule has 1 saturated heterocycles. The maximum Gasteiger partial charge on any atom is 0.0654 e. The molecule has 3 aliphatic heterocycles. The Labute approximate surface area is 243 Å². The zero-order valence-corrected chi connectivity index (χ0v) is 26.5. The Kier molecular flexibility index (Phi) is 20.6. The lowest BCUT2D eigenvalue weighted by molar-refractivity contribution is -0.0115. The van der Waals surface area contributed by atoms with Gasteiger partial charge in [0.2, 0.25) is 0 Å². The van der Waals surface area contributed by atoms with Crippen LogP contribution in [0, 0.1) is 24.7 Å². The van der Waals surface area contributed by atoms with Crippen LogP contribution < -0.4 is 0 Å². The molecular weight excluding hydrogens is 480 g/mol. The van der Waals surface area contributed by atoms with Gasteiger partial charge in [-0.3, -0.25) is 0 Å². The van der Waals surface area contributed by atoms with Crippen LogP contribution in [0.25, 0.3) is 0 Å². The summed E-state index contributed by atoms with van der Waals surface area (Å²) >= 11 is 0. The molecule has 0 aromatic heterocycles. The lowest BCUT2D eigenvalue weighted by atomic mass is 9.98. The van der Waals surface area contributed by atoms with Gasteiger partial charge < -0.3 is 14.2 Å². The average Bonchev–Trinajstić information content (AvgIpc) is 2.91. The van der Waals surface area contributed by atoms with Crippen LogP contribution in [0.3, 0.4) is 0 Å². The Hall–Kier alpha value is -1.42. The van der Waals surface area contributed by atoms with Crippen molar-refractivity contribution in [3.63, 3.8) is 0 Å². The summed E-state index contributed by atoms with van der Waals surface area (Å²) in [5.74, 6) is 2.68. The Balaban J connectivity index is 0.000000490. The van der Waals surface area contributed by atoms with E-state index in [4.69, 9.17) is 14.2 Å². The topological polar surface area (TPSA) is 27.7 Å². The van der Waals surface area contributed by atoms with E-state index in [9.17, 15) is 0 Å². The molecule has 1 fully saturated rings. The number of ether oxygens (including phenoxy) is 3. The maximum atomic E-state index is 5.54. The zero-order valence-electron chi connectivity index (χ0n) is 26.5. The molecule has 3 heterocycles. The summed E-state index contributed by atoms with van der Waals surface area (Å²) in [6, 6.07) is 8.67. The lowest BCUT2D eigenvalue weighted by Gasteiger charge is -2.25. The summed E-state index contributed by atoms with van der Waals surface area (Å²) in [4.78, 5) is 0. The predicted octanol–water partition coefficient (Wildman–Crippen LogP) is 10.3. The zero-order chi connectivity index (χ0) is 28.5. The fourth-order valence-corrected chi connectivity index (χ4v) is 4.53. The van der Waals surface area contributed by atoms with Gasteiger partial charge in [0.05, 0.1) is 31.5 Å². The van der Waals surface area contributed by atoms with Crippen LogP contribution in [0.2, 0.25) is 0 Å². The van der Waals surface area contributed by atoms with Gasteiger partial charge in [-0.05, 0) is 75.2 Å². The molecule has 0 spiro atoms. The van der Waals surface area contributed by atoms with Crippen molar-refractivity contribution < 1.29 is 14.2 Å². The van der Waals surface area contributed by atoms with Gasteiger partial charge in [0.25, 0.3) is 0 Å². The highest BCUT2D eigenvalue weighted by Crippen LogP contribution is 2.20. The van der Waals surface area contributed by atoms with Crippen LogP contribution in [0.1, 0.15) is 119 Å². The van der Waals surface area contributed by atoms with Crippen molar-refractivity contribution in [1.82, 2.24) is 0 Å². The number of hydrogen-bond donors (Lipinski definition) is 0. The van der Waals surface area contributed by atoms with E-state index in [0.29, 0.717) is 42.0 Å². The maximum absolute atomic E-state index is 5.54. The normalized spacial score (nSPS) is 22.5. The van der Waals surface area contributed by atoms with Gasteiger partial charge in [-0.2, -0.15) is 0 Å². The second-order valence-electron chi connectivity index (χ2n) is 12.4. The molecule has 3 heteroatoms. The summed E-state index contributed by atoms with van der Waals surface area (Å²) in [6.45, 7) is 24.6. The van der Waals surface area contributed by atoms with E-state index < -0.39 is 0 Å². The molecule has 0 bridgehead atoms. The molecule has 39 heavy (non-hydrogen) atoms. The van der Waals surface area contributed by atoms with Crippen LogP contribution in [0.4, 0.5) is 0 Å². The largest absolute Gasteiger partial charge is 0.378 e. The number of rotatable bonds is 4. The number of hydrogen-bond acceptors (Lipinski definition) is 3. The Bertz CT molecular complexity index is 784. The van der Waals surface area contributed by atoms with Crippen LogP contribution >= 0.6 is 0 Å². The van der Waals surface area contributed by atoms with Gasteiger partial charge in [-0.1, -0.05) is 116 Å². The third-order valence-electron chi connectivity index (χ3n) is 7.36. The molecule has 3 unspecified atom stereocenters. The third kappa shape index (κ3) is 17.1. The molecule has 3 nitrogen and oxygen atoms in total. The molecule has 3 atom stereocenters. The van der Waals surface area contributed by atoms with Gasteiger partial charge >= 0.3 is 0 Å². The minimum atomic E-state index is 0. The van der Waals surface area contributed by atoms with Crippen molar-refractivity contribution in [1.29, 1.82) is 0 Å². The van der Waals surface area contributed by atoms with E-state index in [1.807, 2.05) is 0 Å². The average molecular weight is 545 g/mol. The highest BCUT2D eigenvalue weighted by atomic mass is 16.5. The monoisotopic (exact) mass is 544 g/mol. The summed E-state index contributed by atoms with van der Waals surface area (Å²) in [5.41, 5.74) is 4.26. The van der Waals surface area contributed by atoms with Gasteiger partial charge in [-0.25, -0.2) is 0 Å². The minimum absolute atomic E-state index is 0. The highest BCUT2D eigenvalue weighted by Gasteiger charge is 2.17. The summed E-state index contributed by atoms with van der Waals surface area (Å²) < 4.78 is 16.5. The molecule has 0 saturated carbocycles. The van der Waals surface area contributed by atoms with Crippen molar-refractivity contribution in [2.45, 2.75) is 133 Å². The quantitative estimate of drug-likeness (QED) is 0.353. The molecule has 226 valence electrons. The van der Waals surface area contributed by atoms with Crippen LogP contribution in [0.15, 0.2) is 48.1 Å². The first-order valence-corrected chi connectivity index (χ1v) is 15.2. The summed E-state index contributed by atoms with van der Waals surface area (Å²) in [7, 11) is 0. The second kappa shape index (κ2) is 21.3. The molecule has 0 amide bonds. The number of benzene rings is 1. The van der Waals surface area contributed by atoms with E-state index in [2.05, 4.69) is 112 Å². The van der Waals surface area contributed by atoms with Crippen molar-refractivity contribution in [2.24, 2.45) is 17.8 Å². The van der Waals surface area contributed by atoms with Crippen LogP contribution in [0.5, 0.6) is 0 Å². The highest BCUT2D eigenvalue weighted by molar-refractivity contribution is 5.24. The molecule has 1 aromatic carbocycles. The first kappa shape index (κ1) is 37.6. The van der Waals surface area contributed by atoms with Gasteiger partial charge in [-0.15, -0.1) is 0 Å². The van der Waals surface area contributed by atoms with Crippen molar-refractivity contribution in [3.05, 3.63) is 59.2 Å². The van der Waals surface area contributed by atoms with Crippen LogP contribution in [-0.2, 0) is 14.2 Å². The molecule has 0 N–H and O–H groups in total. The fraction of sp³-hybridized carbons (Fsp3) is 0.722. The standard InChI is InChI=1S/C10H14.C9H16O.C8H16O.C8H14O.CH4/c1-8(2)10-6-4-5-9(3)7-10;1-7(2)9-6-8(3)4-5-10-9;2*1-7(2)8-5-3-4-6-9-8;/h4-8H,1-3H3;4,7,9H,5-6H2,1-3H3;7-8H,3-6H2,1-2H3;3-4,7-8H,5-6H2,1-2H3;1H4. The van der Waals surface area contributed by atoms with Crippen molar-refractivity contribution >= 4 is 0 Å². The van der Waals surface area contributed by atoms with Crippen molar-refractivity contribution in [3.8, 4) is 0 Å². The smallest absolute Gasteiger partial charge is 0.0654 e. The first-order valence-electron chi connectivity index (χ1n) is 15.2. The molecule has 0 aliphatic carbocycles. The molecule has 4 rings (SSSR count). The fourth-order valence-electron chi connectivity index (χ4n) is 4.53. The summed E-state index contributed by atoms with van der Waals surface area (Å²) in [6.07, 6.45) is 14.1.